The van der Waals surface area contributed by atoms with Crippen molar-refractivity contribution in [2.75, 3.05) is 0 Å². The molecule has 1 aliphatic rings. The summed E-state index contributed by atoms with van der Waals surface area (Å²) in [5.74, 6) is 3.13. The van der Waals surface area contributed by atoms with Gasteiger partial charge in [-0.3, -0.25) is 0 Å². The zero-order chi connectivity index (χ0) is 16.5. The predicted molar refractivity (Wildman–Crippen MR) is 92.9 cm³/mol. The van der Waals surface area contributed by atoms with E-state index in [1.54, 1.807) is 17.6 Å². The molecule has 0 spiro atoms. The molecule has 4 rings (SSSR count). The number of thiophene rings is 1. The van der Waals surface area contributed by atoms with Gasteiger partial charge in [0.15, 0.2) is 5.82 Å². The molecule has 1 atom stereocenters. The van der Waals surface area contributed by atoms with E-state index >= 15 is 0 Å². The van der Waals surface area contributed by atoms with E-state index in [2.05, 4.69) is 38.9 Å². The number of aromatic nitrogens is 4. The fourth-order valence-corrected chi connectivity index (χ4v) is 3.55. The molecule has 0 saturated heterocycles. The lowest BCUT2D eigenvalue weighted by molar-refractivity contribution is 0.356. The number of rotatable bonds is 5. The second kappa shape index (κ2) is 6.49. The molecule has 0 radical (unpaired) electrons. The van der Waals surface area contributed by atoms with E-state index in [0.717, 1.165) is 41.6 Å². The number of oxazole rings is 1. The van der Waals surface area contributed by atoms with Crippen molar-refractivity contribution in [1.29, 1.82) is 0 Å². The molecule has 3 aromatic heterocycles. The van der Waals surface area contributed by atoms with Gasteiger partial charge in [-0.15, -0.1) is 11.3 Å². The van der Waals surface area contributed by atoms with Gasteiger partial charge in [0.2, 0.25) is 5.89 Å². The quantitative estimate of drug-likeness (QED) is 0.770. The summed E-state index contributed by atoms with van der Waals surface area (Å²) in [5, 5.41) is 10.2. The summed E-state index contributed by atoms with van der Waals surface area (Å²) in [4.78, 5) is 10.3. The highest BCUT2D eigenvalue weighted by molar-refractivity contribution is 7.13. The number of aryl methyl sites for hydroxylation is 1. The minimum Gasteiger partial charge on any atom is -0.444 e. The smallest absolute Gasteiger partial charge is 0.236 e. The van der Waals surface area contributed by atoms with E-state index in [1.807, 2.05) is 17.5 Å². The van der Waals surface area contributed by atoms with Crippen molar-refractivity contribution in [3.05, 3.63) is 41.1 Å². The van der Waals surface area contributed by atoms with Gasteiger partial charge in [0.1, 0.15) is 12.1 Å². The minimum atomic E-state index is 0.375. The molecular weight excluding hydrogens is 322 g/mol. The molecule has 3 aromatic rings. The van der Waals surface area contributed by atoms with Crippen molar-refractivity contribution in [1.82, 2.24) is 25.1 Å². The van der Waals surface area contributed by atoms with Crippen LogP contribution in [0.2, 0.25) is 0 Å². The van der Waals surface area contributed by atoms with Gasteiger partial charge >= 0.3 is 0 Å². The Morgan fingerprint density at radius 3 is 3.12 bits per heavy atom. The zero-order valence-electron chi connectivity index (χ0n) is 13.9. The number of nitrogens with zero attached hydrogens (tertiary/aromatic N) is 4. The van der Waals surface area contributed by atoms with Crippen LogP contribution in [0.25, 0.3) is 10.8 Å². The van der Waals surface area contributed by atoms with Crippen molar-refractivity contribution in [2.24, 2.45) is 0 Å². The van der Waals surface area contributed by atoms with Crippen LogP contribution in [0.15, 0.2) is 28.2 Å². The SMILES string of the molecule is CC(C)c1nc2n(n1)CC(NCc1coc(-c3cccs3)n1)CC2. The Bertz CT molecular complexity index is 805. The summed E-state index contributed by atoms with van der Waals surface area (Å²) in [6.07, 6.45) is 3.78. The highest BCUT2D eigenvalue weighted by Gasteiger charge is 2.22. The van der Waals surface area contributed by atoms with E-state index in [9.17, 15) is 0 Å². The van der Waals surface area contributed by atoms with Gasteiger partial charge in [0.05, 0.1) is 17.1 Å². The van der Waals surface area contributed by atoms with E-state index in [1.165, 1.54) is 0 Å². The molecule has 0 aliphatic carbocycles. The first kappa shape index (κ1) is 15.5. The number of hydrogen-bond acceptors (Lipinski definition) is 6. The van der Waals surface area contributed by atoms with Gasteiger partial charge in [-0.25, -0.2) is 14.6 Å². The first-order valence-electron chi connectivity index (χ1n) is 8.34. The number of fused-ring (bicyclic) bond motifs is 1. The largest absolute Gasteiger partial charge is 0.444 e. The van der Waals surface area contributed by atoms with Crippen molar-refractivity contribution in [3.63, 3.8) is 0 Å². The number of nitrogens with one attached hydrogen (secondary N) is 1. The molecule has 4 heterocycles. The average Bonchev–Trinajstić information content (AvgIpc) is 3.30. The molecule has 126 valence electrons. The van der Waals surface area contributed by atoms with Gasteiger partial charge in [-0.05, 0) is 17.9 Å². The molecule has 0 saturated carbocycles. The van der Waals surface area contributed by atoms with Crippen LogP contribution >= 0.6 is 11.3 Å². The van der Waals surface area contributed by atoms with Gasteiger partial charge in [-0.2, -0.15) is 5.10 Å². The van der Waals surface area contributed by atoms with Crippen LogP contribution in [0.1, 0.15) is 43.5 Å². The summed E-state index contributed by atoms with van der Waals surface area (Å²) in [6, 6.07) is 4.42. The maximum absolute atomic E-state index is 5.57. The molecule has 0 fully saturated rings. The Labute approximate surface area is 144 Å². The van der Waals surface area contributed by atoms with Crippen LogP contribution in [-0.2, 0) is 19.5 Å². The van der Waals surface area contributed by atoms with Gasteiger partial charge in [-0.1, -0.05) is 19.9 Å². The van der Waals surface area contributed by atoms with Crippen LogP contribution in [0.4, 0.5) is 0 Å². The van der Waals surface area contributed by atoms with E-state index in [0.29, 0.717) is 24.4 Å². The molecule has 1 N–H and O–H groups in total. The maximum atomic E-state index is 5.57. The lowest BCUT2D eigenvalue weighted by Crippen LogP contribution is -2.37. The lowest BCUT2D eigenvalue weighted by Gasteiger charge is -2.23. The highest BCUT2D eigenvalue weighted by atomic mass is 32.1. The Balaban J connectivity index is 1.37. The molecule has 1 unspecified atom stereocenters. The first-order chi connectivity index (χ1) is 11.7. The number of hydrogen-bond donors (Lipinski definition) is 1. The molecule has 24 heavy (non-hydrogen) atoms. The summed E-state index contributed by atoms with van der Waals surface area (Å²) in [7, 11) is 0. The van der Waals surface area contributed by atoms with Crippen LogP contribution in [0, 0.1) is 0 Å². The summed E-state index contributed by atoms with van der Waals surface area (Å²) >= 11 is 1.64. The standard InChI is InChI=1S/C17H21N5OS/c1-11(2)16-20-15-6-5-12(9-22(15)21-16)18-8-13-10-23-17(19-13)14-4-3-7-24-14/h3-4,7,10-12,18H,5-6,8-9H2,1-2H3. The molecule has 1 aliphatic heterocycles. The topological polar surface area (TPSA) is 68.8 Å². The van der Waals surface area contributed by atoms with Crippen LogP contribution in [-0.4, -0.2) is 25.8 Å². The molecule has 7 heteroatoms. The van der Waals surface area contributed by atoms with Crippen molar-refractivity contribution < 1.29 is 4.42 Å². The van der Waals surface area contributed by atoms with Gasteiger partial charge < -0.3 is 9.73 Å². The predicted octanol–water partition coefficient (Wildman–Crippen LogP) is 3.22. The van der Waals surface area contributed by atoms with Crippen LogP contribution in [0.3, 0.4) is 0 Å². The molecule has 0 aromatic carbocycles. The zero-order valence-corrected chi connectivity index (χ0v) is 14.7. The second-order valence-electron chi connectivity index (χ2n) is 6.46. The van der Waals surface area contributed by atoms with Crippen molar-refractivity contribution in [3.8, 4) is 10.8 Å². The lowest BCUT2D eigenvalue weighted by atomic mass is 10.1. The maximum Gasteiger partial charge on any atom is 0.236 e. The molecule has 6 nitrogen and oxygen atoms in total. The first-order valence-corrected chi connectivity index (χ1v) is 9.22. The van der Waals surface area contributed by atoms with Crippen LogP contribution < -0.4 is 5.32 Å². The van der Waals surface area contributed by atoms with Crippen LogP contribution in [0.5, 0.6) is 0 Å². The summed E-state index contributed by atoms with van der Waals surface area (Å²) < 4.78 is 7.62. The molecule has 0 bridgehead atoms. The fraction of sp³-hybridized carbons (Fsp3) is 0.471. The molecule has 0 amide bonds. The van der Waals surface area contributed by atoms with Gasteiger partial charge in [0.25, 0.3) is 0 Å². The van der Waals surface area contributed by atoms with Gasteiger partial charge in [0, 0.05) is 24.9 Å². The van der Waals surface area contributed by atoms with E-state index in [4.69, 9.17) is 4.42 Å². The van der Waals surface area contributed by atoms with E-state index in [-0.39, 0.29) is 0 Å². The monoisotopic (exact) mass is 343 g/mol. The Hall–Kier alpha value is -1.99. The second-order valence-corrected chi connectivity index (χ2v) is 7.41. The summed E-state index contributed by atoms with van der Waals surface area (Å²) in [5.41, 5.74) is 0.936. The van der Waals surface area contributed by atoms with Crippen molar-refractivity contribution in [2.45, 2.75) is 51.7 Å². The summed E-state index contributed by atoms with van der Waals surface area (Å²) in [6.45, 7) is 5.84. The third kappa shape index (κ3) is 3.14. The fourth-order valence-electron chi connectivity index (χ4n) is 2.89. The average molecular weight is 343 g/mol. The Morgan fingerprint density at radius 2 is 2.33 bits per heavy atom. The Morgan fingerprint density at radius 1 is 1.42 bits per heavy atom. The third-order valence-electron chi connectivity index (χ3n) is 4.25. The third-order valence-corrected chi connectivity index (χ3v) is 5.10. The normalized spacial score (nSPS) is 17.4. The minimum absolute atomic E-state index is 0.375. The highest BCUT2D eigenvalue weighted by Crippen LogP contribution is 2.24. The Kier molecular flexibility index (Phi) is 4.20. The molecular formula is C17H21N5OS. The van der Waals surface area contributed by atoms with Crippen molar-refractivity contribution >= 4 is 11.3 Å². The van der Waals surface area contributed by atoms with E-state index < -0.39 is 0 Å².